The zero-order valence-corrected chi connectivity index (χ0v) is 26.7. The highest BCUT2D eigenvalue weighted by Crippen LogP contribution is 2.33. The zero-order chi connectivity index (χ0) is 31.6. The lowest BCUT2D eigenvalue weighted by Crippen LogP contribution is -2.20. The molecule has 240 valence electrons. The maximum Gasteiger partial charge on any atom is 0.178 e. The smallest absolute Gasteiger partial charge is 0.178 e. The highest BCUT2D eigenvalue weighted by atomic mass is 19.1. The summed E-state index contributed by atoms with van der Waals surface area (Å²) >= 11 is 0. The number of hydrogen-bond donors (Lipinski definition) is 2. The largest absolute Gasteiger partial charge is 0.335 e. The predicted molar refractivity (Wildman–Crippen MR) is 183 cm³/mol. The molecule has 8 rings (SSSR count). The average Bonchev–Trinajstić information content (AvgIpc) is 3.91. The van der Waals surface area contributed by atoms with Crippen LogP contribution in [0.25, 0.3) is 56.0 Å². The van der Waals surface area contributed by atoms with Crippen molar-refractivity contribution in [3.05, 3.63) is 78.1 Å². The number of hydrogen-bond acceptors (Lipinski definition) is 7. The van der Waals surface area contributed by atoms with E-state index in [4.69, 9.17) is 9.97 Å². The summed E-state index contributed by atoms with van der Waals surface area (Å²) in [4.78, 5) is 27.2. The summed E-state index contributed by atoms with van der Waals surface area (Å²) in [6, 6.07) is 11.5. The van der Waals surface area contributed by atoms with Crippen LogP contribution in [0.5, 0.6) is 0 Å². The SMILES string of the molecule is Fc1cc(CCCN2CCCC2)cc(-c2ccnc3nc(-c4n[nH]c5cnc(-c6cncc(CCCN7CCCC7)c6)cc45)[nH]c23)c1. The van der Waals surface area contributed by atoms with Gasteiger partial charge in [-0.25, -0.2) is 14.4 Å². The molecule has 2 aliphatic rings. The lowest BCUT2D eigenvalue weighted by Gasteiger charge is -2.14. The van der Waals surface area contributed by atoms with E-state index in [1.165, 1.54) is 57.4 Å². The first-order valence-electron chi connectivity index (χ1n) is 17.0. The molecular weight excluding hydrogens is 589 g/mol. The first kappa shape index (κ1) is 29.8. The van der Waals surface area contributed by atoms with Crippen molar-refractivity contribution in [1.82, 2.24) is 44.9 Å². The Morgan fingerprint density at radius 2 is 1.51 bits per heavy atom. The van der Waals surface area contributed by atoms with Crippen molar-refractivity contribution in [2.75, 3.05) is 39.3 Å². The number of fused-ring (bicyclic) bond motifs is 2. The van der Waals surface area contributed by atoms with Crippen molar-refractivity contribution >= 4 is 22.1 Å². The zero-order valence-electron chi connectivity index (χ0n) is 26.7. The number of rotatable bonds is 11. The fraction of sp³-hybridized carbons (Fsp3) is 0.378. The number of nitrogens with one attached hydrogen (secondary N) is 2. The number of imidazole rings is 1. The van der Waals surface area contributed by atoms with Gasteiger partial charge in [-0.15, -0.1) is 0 Å². The van der Waals surface area contributed by atoms with Gasteiger partial charge < -0.3 is 14.8 Å². The lowest BCUT2D eigenvalue weighted by atomic mass is 10.0. The van der Waals surface area contributed by atoms with Gasteiger partial charge in [0, 0.05) is 35.1 Å². The van der Waals surface area contributed by atoms with E-state index in [1.54, 1.807) is 18.3 Å². The van der Waals surface area contributed by atoms with Gasteiger partial charge in [-0.2, -0.15) is 5.10 Å². The molecule has 0 amide bonds. The van der Waals surface area contributed by atoms with E-state index in [1.807, 2.05) is 30.7 Å². The van der Waals surface area contributed by atoms with Crippen molar-refractivity contribution in [1.29, 1.82) is 0 Å². The molecule has 10 heteroatoms. The summed E-state index contributed by atoms with van der Waals surface area (Å²) in [5.74, 6) is 0.367. The molecule has 2 fully saturated rings. The van der Waals surface area contributed by atoms with Crippen LogP contribution < -0.4 is 0 Å². The minimum Gasteiger partial charge on any atom is -0.335 e. The highest BCUT2D eigenvalue weighted by molar-refractivity contribution is 5.96. The standard InChI is InChI=1S/C37H40FN9/c38-29-19-25(7-5-15-46-11-1-2-12-46)17-27(20-29)30-9-10-40-36-34(30)42-37(43-36)35-31-21-32(41-24-33(31)44-45-35)28-18-26(22-39-23-28)8-6-16-47-13-3-4-14-47/h9-10,17-24H,1-8,11-16H2,(H,44,45)(H,40,42,43). The topological polar surface area (TPSA) is 103 Å². The minimum absolute atomic E-state index is 0.230. The Labute approximate surface area is 273 Å². The first-order chi connectivity index (χ1) is 23.2. The van der Waals surface area contributed by atoms with E-state index < -0.39 is 0 Å². The third-order valence-corrected chi connectivity index (χ3v) is 9.70. The molecule has 47 heavy (non-hydrogen) atoms. The van der Waals surface area contributed by atoms with Crippen molar-refractivity contribution in [2.24, 2.45) is 0 Å². The van der Waals surface area contributed by atoms with Gasteiger partial charge in [0.2, 0.25) is 0 Å². The van der Waals surface area contributed by atoms with Crippen molar-refractivity contribution in [2.45, 2.75) is 51.4 Å². The van der Waals surface area contributed by atoms with E-state index in [0.29, 0.717) is 17.2 Å². The number of pyridine rings is 3. The number of aryl methyl sites for hydroxylation is 2. The molecule has 2 aliphatic heterocycles. The monoisotopic (exact) mass is 629 g/mol. The van der Waals surface area contributed by atoms with Crippen molar-refractivity contribution < 1.29 is 4.39 Å². The molecule has 2 N–H and O–H groups in total. The Morgan fingerprint density at radius 3 is 2.30 bits per heavy atom. The number of halogens is 1. The Morgan fingerprint density at radius 1 is 0.766 bits per heavy atom. The van der Waals surface area contributed by atoms with Crippen LogP contribution in [0.1, 0.15) is 49.7 Å². The van der Waals surface area contributed by atoms with Crippen LogP contribution in [-0.2, 0) is 12.8 Å². The second-order valence-corrected chi connectivity index (χ2v) is 13.1. The third kappa shape index (κ3) is 6.53. The van der Waals surface area contributed by atoms with E-state index in [-0.39, 0.29) is 5.82 Å². The van der Waals surface area contributed by atoms with Gasteiger partial charge in [-0.3, -0.25) is 15.1 Å². The van der Waals surface area contributed by atoms with E-state index >= 15 is 0 Å². The second-order valence-electron chi connectivity index (χ2n) is 13.1. The molecular formula is C37H40FN9. The van der Waals surface area contributed by atoms with Crippen LogP contribution in [0.4, 0.5) is 4.39 Å². The summed E-state index contributed by atoms with van der Waals surface area (Å²) in [5, 5.41) is 8.63. The summed E-state index contributed by atoms with van der Waals surface area (Å²) in [6.45, 7) is 7.01. The Kier molecular flexibility index (Phi) is 8.44. The minimum atomic E-state index is -0.230. The molecule has 6 aromatic rings. The van der Waals surface area contributed by atoms with Crippen LogP contribution in [-0.4, -0.2) is 84.2 Å². The Bertz CT molecular complexity index is 2000. The fourth-order valence-electron chi connectivity index (χ4n) is 7.26. The quantitative estimate of drug-likeness (QED) is 0.162. The molecule has 7 heterocycles. The molecule has 0 bridgehead atoms. The first-order valence-corrected chi connectivity index (χ1v) is 17.0. The summed E-state index contributed by atoms with van der Waals surface area (Å²) in [7, 11) is 0. The predicted octanol–water partition coefficient (Wildman–Crippen LogP) is 6.82. The van der Waals surface area contributed by atoms with Crippen LogP contribution >= 0.6 is 0 Å². The molecule has 2 saturated heterocycles. The molecule has 0 saturated carbocycles. The molecule has 1 aromatic carbocycles. The van der Waals surface area contributed by atoms with Crippen molar-refractivity contribution in [3.63, 3.8) is 0 Å². The van der Waals surface area contributed by atoms with Gasteiger partial charge >= 0.3 is 0 Å². The lowest BCUT2D eigenvalue weighted by molar-refractivity contribution is 0.334. The Hall–Kier alpha value is -4.54. The van der Waals surface area contributed by atoms with Crippen molar-refractivity contribution in [3.8, 4) is 33.9 Å². The van der Waals surface area contributed by atoms with E-state index in [0.717, 1.165) is 83.1 Å². The average molecular weight is 630 g/mol. The molecule has 0 aliphatic carbocycles. The van der Waals surface area contributed by atoms with Gasteiger partial charge in [0.1, 0.15) is 11.5 Å². The van der Waals surface area contributed by atoms with E-state index in [2.05, 4.69) is 47.1 Å². The number of benzene rings is 1. The van der Waals surface area contributed by atoms with Crippen LogP contribution in [0.15, 0.2) is 61.2 Å². The summed E-state index contributed by atoms with van der Waals surface area (Å²) < 4.78 is 14.9. The summed E-state index contributed by atoms with van der Waals surface area (Å²) in [5.41, 5.74) is 8.54. The van der Waals surface area contributed by atoms with Gasteiger partial charge in [0.25, 0.3) is 0 Å². The van der Waals surface area contributed by atoms with Gasteiger partial charge in [0.05, 0.1) is 22.9 Å². The molecule has 5 aromatic heterocycles. The number of aromatic amines is 2. The third-order valence-electron chi connectivity index (χ3n) is 9.70. The molecule has 0 spiro atoms. The number of nitrogens with zero attached hydrogens (tertiary/aromatic N) is 7. The van der Waals surface area contributed by atoms with Gasteiger partial charge in [0.15, 0.2) is 11.5 Å². The van der Waals surface area contributed by atoms with Crippen LogP contribution in [0.2, 0.25) is 0 Å². The van der Waals surface area contributed by atoms with Crippen LogP contribution in [0, 0.1) is 5.82 Å². The maximum atomic E-state index is 14.9. The molecule has 9 nitrogen and oxygen atoms in total. The van der Waals surface area contributed by atoms with Crippen LogP contribution in [0.3, 0.4) is 0 Å². The number of aromatic nitrogens is 7. The summed E-state index contributed by atoms with van der Waals surface area (Å²) in [6.07, 6.45) is 16.6. The number of likely N-dealkylation sites (tertiary alicyclic amines) is 2. The molecule has 0 radical (unpaired) electrons. The van der Waals surface area contributed by atoms with Gasteiger partial charge in [-0.05, 0) is 138 Å². The molecule has 0 atom stereocenters. The maximum absolute atomic E-state index is 14.9. The van der Waals surface area contributed by atoms with E-state index in [9.17, 15) is 4.39 Å². The number of H-pyrrole nitrogens is 2. The normalized spacial score (nSPS) is 15.9. The van der Waals surface area contributed by atoms with Gasteiger partial charge in [-0.1, -0.05) is 6.07 Å². The second kappa shape index (κ2) is 13.3. The fourth-order valence-corrected chi connectivity index (χ4v) is 7.26. The Balaban J connectivity index is 1.05. The molecule has 0 unspecified atom stereocenters. The highest BCUT2D eigenvalue weighted by Gasteiger charge is 2.18.